The van der Waals surface area contributed by atoms with Gasteiger partial charge in [0.15, 0.2) is 5.69 Å². The van der Waals surface area contributed by atoms with E-state index < -0.39 is 17.4 Å². The number of ether oxygens (including phenoxy) is 2. The van der Waals surface area contributed by atoms with Crippen molar-refractivity contribution in [3.63, 3.8) is 0 Å². The number of methoxy groups -OCH3 is 1. The third kappa shape index (κ3) is 4.19. The number of hydrogen-bond donors (Lipinski definition) is 1. The summed E-state index contributed by atoms with van der Waals surface area (Å²) in [7, 11) is 1.25. The van der Waals surface area contributed by atoms with Gasteiger partial charge in [0, 0.05) is 11.6 Å². The number of benzene rings is 1. The van der Waals surface area contributed by atoms with Crippen molar-refractivity contribution in [3.8, 4) is 5.75 Å². The summed E-state index contributed by atoms with van der Waals surface area (Å²) in [6, 6.07) is 7.56. The van der Waals surface area contributed by atoms with E-state index in [4.69, 9.17) is 9.47 Å². The highest BCUT2D eigenvalue weighted by atomic mass is 16.5. The first kappa shape index (κ1) is 22.8. The number of esters is 1. The van der Waals surface area contributed by atoms with Crippen LogP contribution in [0.2, 0.25) is 0 Å². The molecule has 1 saturated carbocycles. The molecule has 176 valence electrons. The molecule has 0 bridgehead atoms. The van der Waals surface area contributed by atoms with Crippen molar-refractivity contribution in [3.05, 3.63) is 47.5 Å². The quantitative estimate of drug-likeness (QED) is 0.645. The molecule has 9 heteroatoms. The molecule has 1 aromatic heterocycles. The van der Waals surface area contributed by atoms with E-state index in [1.54, 1.807) is 11.5 Å². The topological polar surface area (TPSA) is 103 Å². The monoisotopic (exact) mass is 454 g/mol. The van der Waals surface area contributed by atoms with Crippen LogP contribution in [0.1, 0.15) is 66.1 Å². The number of hydrogen-bond acceptors (Lipinski definition) is 6. The van der Waals surface area contributed by atoms with Gasteiger partial charge in [-0.1, -0.05) is 31.0 Å². The average molecular weight is 455 g/mol. The second kappa shape index (κ2) is 9.25. The van der Waals surface area contributed by atoms with Gasteiger partial charge in [0.05, 0.1) is 33.1 Å². The molecule has 2 amide bonds. The molecule has 2 aromatic rings. The molecule has 0 unspecified atom stereocenters. The number of carbonyl (C=O) groups excluding carboxylic acids is 3. The zero-order chi connectivity index (χ0) is 23.6. The molecule has 1 aliphatic heterocycles. The van der Waals surface area contributed by atoms with Crippen molar-refractivity contribution in [2.24, 2.45) is 0 Å². The lowest BCUT2D eigenvalue weighted by Gasteiger charge is -2.44. The van der Waals surface area contributed by atoms with Gasteiger partial charge >= 0.3 is 5.97 Å². The van der Waals surface area contributed by atoms with Gasteiger partial charge in [-0.05, 0) is 32.8 Å². The summed E-state index contributed by atoms with van der Waals surface area (Å²) in [5.74, 6) is -0.700. The Morgan fingerprint density at radius 1 is 1.24 bits per heavy atom. The molecule has 9 nitrogen and oxygen atoms in total. The lowest BCUT2D eigenvalue weighted by molar-refractivity contribution is -0.134. The number of fused-ring (bicyclic) bond motifs is 1. The van der Waals surface area contributed by atoms with E-state index in [9.17, 15) is 14.4 Å². The Labute approximate surface area is 193 Å². The predicted molar refractivity (Wildman–Crippen MR) is 120 cm³/mol. The Morgan fingerprint density at radius 3 is 2.67 bits per heavy atom. The molecule has 2 heterocycles. The highest BCUT2D eigenvalue weighted by molar-refractivity contribution is 6.06. The first-order chi connectivity index (χ1) is 15.9. The zero-order valence-corrected chi connectivity index (χ0v) is 19.3. The highest BCUT2D eigenvalue weighted by Crippen LogP contribution is 2.33. The minimum atomic E-state index is -1.18. The molecule has 4 rings (SSSR count). The molecule has 1 atom stereocenters. The molecule has 0 saturated heterocycles. The molecule has 0 radical (unpaired) electrons. The van der Waals surface area contributed by atoms with E-state index in [1.165, 1.54) is 18.3 Å². The maximum atomic E-state index is 13.8. The van der Waals surface area contributed by atoms with Crippen LogP contribution in [0.5, 0.6) is 5.75 Å². The Balaban J connectivity index is 1.75. The number of nitrogens with one attached hydrogen (secondary N) is 1. The molecule has 2 aliphatic rings. The summed E-state index contributed by atoms with van der Waals surface area (Å²) in [6.07, 6.45) is 5.46. The maximum absolute atomic E-state index is 13.8. The standard InChI is InChI=1S/C24H30N4O5/c1-4-33-18-12-8-5-9-16(18)13-28-21(29)20-19(22(30)32-3)25-15-27(20)14-24(28,2)23(31)26-17-10-6-7-11-17/h5,8-9,12,15,17H,4,6-7,10-11,13-14H2,1-3H3,(H,26,31)/t24-/m1/s1. The van der Waals surface area contributed by atoms with Crippen LogP contribution in [-0.2, 0) is 22.6 Å². The van der Waals surface area contributed by atoms with Gasteiger partial charge in [-0.25, -0.2) is 9.78 Å². The number of para-hydroxylation sites is 1. The lowest BCUT2D eigenvalue weighted by atomic mass is 9.93. The van der Waals surface area contributed by atoms with Gasteiger partial charge in [0.25, 0.3) is 5.91 Å². The second-order valence-electron chi connectivity index (χ2n) is 8.72. The third-order valence-electron chi connectivity index (χ3n) is 6.52. The van der Waals surface area contributed by atoms with E-state index in [2.05, 4.69) is 10.3 Å². The minimum Gasteiger partial charge on any atom is -0.494 e. The number of amides is 2. The summed E-state index contributed by atoms with van der Waals surface area (Å²) in [4.78, 5) is 45.3. The number of carbonyl (C=O) groups is 3. The Bertz CT molecular complexity index is 1060. The van der Waals surface area contributed by atoms with Crippen LogP contribution in [0.25, 0.3) is 0 Å². The fourth-order valence-corrected chi connectivity index (χ4v) is 4.69. The molecular formula is C24H30N4O5. The molecule has 0 spiro atoms. The van der Waals surface area contributed by atoms with Crippen LogP contribution >= 0.6 is 0 Å². The zero-order valence-electron chi connectivity index (χ0n) is 19.3. The van der Waals surface area contributed by atoms with Crippen LogP contribution in [0, 0.1) is 0 Å². The SMILES string of the molecule is CCOc1ccccc1CN1C(=O)c2c(C(=O)OC)ncn2C[C@]1(C)C(=O)NC1CCCC1. The van der Waals surface area contributed by atoms with Crippen molar-refractivity contribution >= 4 is 17.8 Å². The smallest absolute Gasteiger partial charge is 0.359 e. The van der Waals surface area contributed by atoms with Crippen molar-refractivity contribution in [1.82, 2.24) is 19.8 Å². The molecule has 1 N–H and O–H groups in total. The van der Waals surface area contributed by atoms with E-state index in [-0.39, 0.29) is 36.4 Å². The Hall–Kier alpha value is -3.36. The summed E-state index contributed by atoms with van der Waals surface area (Å²) < 4.78 is 12.1. The fraction of sp³-hybridized carbons (Fsp3) is 0.500. The number of imidazole rings is 1. The van der Waals surface area contributed by atoms with Crippen LogP contribution in [0.4, 0.5) is 0 Å². The molecule has 1 fully saturated rings. The van der Waals surface area contributed by atoms with Gasteiger partial charge in [-0.15, -0.1) is 0 Å². The van der Waals surface area contributed by atoms with Gasteiger partial charge in [0.1, 0.15) is 17.0 Å². The highest BCUT2D eigenvalue weighted by Gasteiger charge is 2.49. The first-order valence-corrected chi connectivity index (χ1v) is 11.4. The number of aromatic nitrogens is 2. The molecule has 1 aliphatic carbocycles. The molecular weight excluding hydrogens is 424 g/mol. The normalized spacial score (nSPS) is 20.5. The minimum absolute atomic E-state index is 0.0520. The van der Waals surface area contributed by atoms with E-state index in [0.717, 1.165) is 31.2 Å². The Kier molecular flexibility index (Phi) is 6.40. The van der Waals surface area contributed by atoms with Gasteiger partial charge in [-0.2, -0.15) is 0 Å². The van der Waals surface area contributed by atoms with Gasteiger partial charge < -0.3 is 24.3 Å². The molecule has 33 heavy (non-hydrogen) atoms. The van der Waals surface area contributed by atoms with Crippen molar-refractivity contribution in [2.75, 3.05) is 13.7 Å². The van der Waals surface area contributed by atoms with Crippen LogP contribution in [-0.4, -0.2) is 57.5 Å². The van der Waals surface area contributed by atoms with E-state index >= 15 is 0 Å². The van der Waals surface area contributed by atoms with Crippen molar-refractivity contribution in [2.45, 2.75) is 64.2 Å². The van der Waals surface area contributed by atoms with Crippen LogP contribution in [0.3, 0.4) is 0 Å². The molecule has 1 aromatic carbocycles. The van der Waals surface area contributed by atoms with E-state index in [1.807, 2.05) is 31.2 Å². The van der Waals surface area contributed by atoms with E-state index in [0.29, 0.717) is 12.4 Å². The number of rotatable bonds is 7. The van der Waals surface area contributed by atoms with Crippen LogP contribution < -0.4 is 10.1 Å². The summed E-state index contributed by atoms with van der Waals surface area (Å²) in [5, 5.41) is 3.15. The van der Waals surface area contributed by atoms with Crippen LogP contribution in [0.15, 0.2) is 30.6 Å². The first-order valence-electron chi connectivity index (χ1n) is 11.4. The maximum Gasteiger partial charge on any atom is 0.359 e. The Morgan fingerprint density at radius 2 is 1.97 bits per heavy atom. The van der Waals surface area contributed by atoms with Crippen molar-refractivity contribution < 1.29 is 23.9 Å². The largest absolute Gasteiger partial charge is 0.494 e. The second-order valence-corrected chi connectivity index (χ2v) is 8.72. The van der Waals surface area contributed by atoms with Gasteiger partial charge in [-0.3, -0.25) is 9.59 Å². The predicted octanol–water partition coefficient (Wildman–Crippen LogP) is 2.54. The summed E-state index contributed by atoms with van der Waals surface area (Å²) in [5.41, 5.74) is -0.328. The van der Waals surface area contributed by atoms with Gasteiger partial charge in [0.2, 0.25) is 5.91 Å². The lowest BCUT2D eigenvalue weighted by Crippen LogP contribution is -2.64. The summed E-state index contributed by atoms with van der Waals surface area (Å²) in [6.45, 7) is 4.45. The fourth-order valence-electron chi connectivity index (χ4n) is 4.69. The summed E-state index contributed by atoms with van der Waals surface area (Å²) >= 11 is 0. The number of nitrogens with zero attached hydrogens (tertiary/aromatic N) is 3. The third-order valence-corrected chi connectivity index (χ3v) is 6.52. The van der Waals surface area contributed by atoms with Crippen molar-refractivity contribution in [1.29, 1.82) is 0 Å². The average Bonchev–Trinajstić information content (AvgIpc) is 3.47.